The molecule has 1 saturated heterocycles. The normalized spacial score (nSPS) is 23.8. The van der Waals surface area contributed by atoms with Gasteiger partial charge in [-0.1, -0.05) is 0 Å². The largest absolute Gasteiger partial charge is 0.339 e. The van der Waals surface area contributed by atoms with Gasteiger partial charge in [-0.15, -0.1) is 0 Å². The molecule has 0 aromatic carbocycles. The zero-order valence-electron chi connectivity index (χ0n) is 12.2. The van der Waals surface area contributed by atoms with Crippen LogP contribution < -0.4 is 0 Å². The van der Waals surface area contributed by atoms with Crippen LogP contribution in [0.25, 0.3) is 0 Å². The highest BCUT2D eigenvalue weighted by atomic mass is 15.5. The Morgan fingerprint density at radius 2 is 2.00 bits per heavy atom. The molecule has 2 rings (SSSR count). The summed E-state index contributed by atoms with van der Waals surface area (Å²) in [7, 11) is 1.91. The summed E-state index contributed by atoms with van der Waals surface area (Å²) in [5.74, 6) is 0. The van der Waals surface area contributed by atoms with E-state index >= 15 is 0 Å². The predicted octanol–water partition coefficient (Wildman–Crippen LogP) is 2.80. The molecule has 1 fully saturated rings. The Labute approximate surface area is 115 Å². The van der Waals surface area contributed by atoms with E-state index in [-0.39, 0.29) is 0 Å². The quantitative estimate of drug-likeness (QED) is 0.766. The van der Waals surface area contributed by atoms with Crippen LogP contribution in [0.4, 0.5) is 0 Å². The van der Waals surface area contributed by atoms with Crippen molar-refractivity contribution in [2.45, 2.75) is 52.1 Å². The average Bonchev–Trinajstić information content (AvgIpc) is 2.66. The van der Waals surface area contributed by atoms with Gasteiger partial charge in [0.15, 0.2) is 0 Å². The van der Waals surface area contributed by atoms with Crippen LogP contribution in [0.1, 0.15) is 50.1 Å². The molecule has 0 N–H and O–H groups in total. The van der Waals surface area contributed by atoms with E-state index in [4.69, 9.17) is 5.26 Å². The van der Waals surface area contributed by atoms with E-state index in [0.717, 1.165) is 11.3 Å². The minimum Gasteiger partial charge on any atom is -0.339 e. The summed E-state index contributed by atoms with van der Waals surface area (Å²) in [6.07, 6.45) is 5.60. The Balaban J connectivity index is 2.21. The van der Waals surface area contributed by atoms with E-state index < -0.39 is 0 Å². The summed E-state index contributed by atoms with van der Waals surface area (Å²) in [6, 6.07) is 5.10. The van der Waals surface area contributed by atoms with Gasteiger partial charge in [-0.2, -0.15) is 10.4 Å². The second-order valence-electron chi connectivity index (χ2n) is 5.49. The molecule has 19 heavy (non-hydrogen) atoms. The molecule has 0 bridgehead atoms. The highest BCUT2D eigenvalue weighted by Crippen LogP contribution is 2.22. The fourth-order valence-corrected chi connectivity index (χ4v) is 2.72. The first-order valence-corrected chi connectivity index (χ1v) is 6.93. The fraction of sp³-hybridized carbons (Fsp3) is 0.600. The molecule has 0 aliphatic carbocycles. The second kappa shape index (κ2) is 5.48. The molecular formula is C15H22N4. The van der Waals surface area contributed by atoms with Crippen molar-refractivity contribution >= 4 is 6.21 Å². The van der Waals surface area contributed by atoms with Gasteiger partial charge in [0.05, 0.1) is 6.21 Å². The third kappa shape index (κ3) is 2.65. The maximum atomic E-state index is 9.03. The van der Waals surface area contributed by atoms with Crippen LogP contribution in [0.3, 0.4) is 0 Å². The number of hydrogen-bond donors (Lipinski definition) is 0. The van der Waals surface area contributed by atoms with Crippen LogP contribution in [0.15, 0.2) is 11.2 Å². The zero-order valence-corrected chi connectivity index (χ0v) is 12.2. The summed E-state index contributed by atoms with van der Waals surface area (Å²) in [4.78, 5) is 0. The lowest BCUT2D eigenvalue weighted by Crippen LogP contribution is -2.39. The molecule has 0 saturated carbocycles. The maximum Gasteiger partial charge on any atom is 0.120 e. The Hall–Kier alpha value is -1.76. The van der Waals surface area contributed by atoms with Gasteiger partial charge in [0.2, 0.25) is 0 Å². The van der Waals surface area contributed by atoms with Crippen LogP contribution in [0.5, 0.6) is 0 Å². The summed E-state index contributed by atoms with van der Waals surface area (Å²) < 4.78 is 1.91. The molecule has 1 aliphatic rings. The molecule has 0 spiro atoms. The first-order chi connectivity index (χ1) is 9.04. The van der Waals surface area contributed by atoms with Gasteiger partial charge >= 0.3 is 0 Å². The number of piperidine rings is 1. The number of aromatic nitrogens is 1. The Bertz CT molecular complexity index is 511. The van der Waals surface area contributed by atoms with E-state index in [1.165, 1.54) is 19.3 Å². The van der Waals surface area contributed by atoms with Crippen molar-refractivity contribution in [1.82, 2.24) is 9.58 Å². The molecular weight excluding hydrogens is 236 g/mol. The smallest absolute Gasteiger partial charge is 0.120 e. The third-order valence-electron chi connectivity index (χ3n) is 4.17. The third-order valence-corrected chi connectivity index (χ3v) is 4.17. The lowest BCUT2D eigenvalue weighted by atomic mass is 10.00. The van der Waals surface area contributed by atoms with Crippen molar-refractivity contribution < 1.29 is 0 Å². The van der Waals surface area contributed by atoms with Gasteiger partial charge in [0, 0.05) is 30.4 Å². The van der Waals surface area contributed by atoms with Crippen LogP contribution in [0.2, 0.25) is 0 Å². The van der Waals surface area contributed by atoms with Gasteiger partial charge in [-0.25, -0.2) is 0 Å². The molecule has 4 heteroatoms. The van der Waals surface area contributed by atoms with E-state index in [2.05, 4.69) is 30.0 Å². The van der Waals surface area contributed by atoms with E-state index in [9.17, 15) is 0 Å². The molecule has 0 unspecified atom stereocenters. The Morgan fingerprint density at radius 3 is 2.53 bits per heavy atom. The number of hydrazone groups is 1. The van der Waals surface area contributed by atoms with Crippen molar-refractivity contribution in [3.05, 3.63) is 23.0 Å². The van der Waals surface area contributed by atoms with Crippen molar-refractivity contribution in [3.63, 3.8) is 0 Å². The van der Waals surface area contributed by atoms with E-state index in [0.29, 0.717) is 17.8 Å². The monoisotopic (exact) mass is 258 g/mol. The molecule has 4 nitrogen and oxygen atoms in total. The SMILES string of the molecule is Cc1c(/C=N\N2[C@H](C)CCC[C@@H]2C)cc(C#N)n1C. The van der Waals surface area contributed by atoms with Crippen LogP contribution in [-0.2, 0) is 7.05 Å². The Morgan fingerprint density at radius 1 is 1.37 bits per heavy atom. The lowest BCUT2D eigenvalue weighted by molar-refractivity contribution is 0.109. The number of nitriles is 1. The van der Waals surface area contributed by atoms with E-state index in [1.54, 1.807) is 0 Å². The summed E-state index contributed by atoms with van der Waals surface area (Å²) >= 11 is 0. The van der Waals surface area contributed by atoms with Gasteiger partial charge < -0.3 is 4.57 Å². The highest BCUT2D eigenvalue weighted by molar-refractivity contribution is 5.82. The number of hydrogen-bond acceptors (Lipinski definition) is 3. The lowest BCUT2D eigenvalue weighted by Gasteiger charge is -2.36. The predicted molar refractivity (Wildman–Crippen MR) is 77.1 cm³/mol. The van der Waals surface area contributed by atoms with Crippen LogP contribution in [-0.4, -0.2) is 27.9 Å². The average molecular weight is 258 g/mol. The minimum absolute atomic E-state index is 0.499. The fourth-order valence-electron chi connectivity index (χ4n) is 2.72. The van der Waals surface area contributed by atoms with Gasteiger partial charge in [0.25, 0.3) is 0 Å². The van der Waals surface area contributed by atoms with E-state index in [1.807, 2.05) is 30.8 Å². The molecule has 1 aliphatic heterocycles. The Kier molecular flexibility index (Phi) is 3.94. The van der Waals surface area contributed by atoms with Crippen LogP contribution >= 0.6 is 0 Å². The van der Waals surface area contributed by atoms with Crippen molar-refractivity contribution in [2.24, 2.45) is 12.1 Å². The summed E-state index contributed by atoms with van der Waals surface area (Å²) in [5.41, 5.74) is 2.79. The summed E-state index contributed by atoms with van der Waals surface area (Å²) in [6.45, 7) is 6.47. The van der Waals surface area contributed by atoms with Crippen molar-refractivity contribution in [1.29, 1.82) is 5.26 Å². The number of rotatable bonds is 2. The topological polar surface area (TPSA) is 44.3 Å². The minimum atomic E-state index is 0.499. The molecule has 0 radical (unpaired) electrons. The van der Waals surface area contributed by atoms with Crippen molar-refractivity contribution in [3.8, 4) is 6.07 Å². The van der Waals surface area contributed by atoms with Crippen molar-refractivity contribution in [2.75, 3.05) is 0 Å². The first-order valence-electron chi connectivity index (χ1n) is 6.93. The standard InChI is InChI=1S/C15H22N4/c1-11-6-5-7-12(2)19(11)17-10-14-8-15(9-16)18(4)13(14)3/h8,10-12H,5-7H2,1-4H3/b17-10-/t11-,12+. The molecule has 0 amide bonds. The molecule has 2 heterocycles. The first kappa shape index (κ1) is 13.7. The van der Waals surface area contributed by atoms with Crippen LogP contribution in [0, 0.1) is 18.3 Å². The molecule has 1 aromatic heterocycles. The van der Waals surface area contributed by atoms with Gasteiger partial charge in [-0.05, 0) is 46.1 Å². The molecule has 2 atom stereocenters. The van der Waals surface area contributed by atoms with Gasteiger partial charge in [0.1, 0.15) is 11.8 Å². The molecule has 1 aromatic rings. The summed E-state index contributed by atoms with van der Waals surface area (Å²) in [5, 5.41) is 15.9. The maximum absolute atomic E-state index is 9.03. The van der Waals surface area contributed by atoms with Gasteiger partial charge in [-0.3, -0.25) is 5.01 Å². The highest BCUT2D eigenvalue weighted by Gasteiger charge is 2.22. The molecule has 102 valence electrons. The number of nitrogens with zero attached hydrogens (tertiary/aromatic N) is 4. The second-order valence-corrected chi connectivity index (χ2v) is 5.49. The zero-order chi connectivity index (χ0) is 14.0.